The minimum Gasteiger partial charge on any atom is -0.545 e. The quantitative estimate of drug-likeness (QED) is 0.0199. The molecule has 2 atom stereocenters. The first-order valence-corrected chi connectivity index (χ1v) is 22.0. The fourth-order valence-corrected chi connectivity index (χ4v) is 5.14. The Morgan fingerprint density at radius 2 is 0.915 bits per heavy atom. The van der Waals surface area contributed by atoms with Crippen LogP contribution in [0, 0.1) is 0 Å². The number of hydrogen-bond acceptors (Lipinski definition) is 8. The van der Waals surface area contributed by atoms with Gasteiger partial charge in [0.05, 0.1) is 40.3 Å². The largest absolute Gasteiger partial charge is 0.545 e. The van der Waals surface area contributed by atoms with Gasteiger partial charge in [0.1, 0.15) is 13.2 Å². The molecule has 9 heteroatoms. The molecule has 9 nitrogen and oxygen atoms in total. The number of nitrogens with zero attached hydrogens (tertiary/aromatic N) is 1. The van der Waals surface area contributed by atoms with Crippen LogP contribution in [-0.4, -0.2) is 82.3 Å². The average molecular weight is 822 g/mol. The molecule has 0 spiro atoms. The second kappa shape index (κ2) is 40.7. The van der Waals surface area contributed by atoms with Crippen LogP contribution in [0.2, 0.25) is 0 Å². The van der Waals surface area contributed by atoms with Crippen LogP contribution in [0.15, 0.2) is 109 Å². The molecule has 0 radical (unpaired) electrons. The van der Waals surface area contributed by atoms with Gasteiger partial charge in [-0.3, -0.25) is 9.59 Å². The normalized spacial score (nSPS) is 14.0. The third-order valence-electron chi connectivity index (χ3n) is 8.52. The van der Waals surface area contributed by atoms with E-state index in [1.54, 1.807) is 0 Å². The number of rotatable bonds is 38. The zero-order chi connectivity index (χ0) is 43.5. The predicted octanol–water partition coefficient (Wildman–Crippen LogP) is 10.3. The van der Waals surface area contributed by atoms with E-state index >= 15 is 0 Å². The number of carboxylic acids is 1. The highest BCUT2D eigenvalue weighted by atomic mass is 16.7. The highest BCUT2D eigenvalue weighted by molar-refractivity contribution is 5.70. The number of carbonyl (C=O) groups excluding carboxylic acids is 3. The van der Waals surface area contributed by atoms with Crippen molar-refractivity contribution >= 4 is 17.9 Å². The van der Waals surface area contributed by atoms with Gasteiger partial charge in [-0.2, -0.15) is 0 Å². The van der Waals surface area contributed by atoms with Crippen molar-refractivity contribution in [2.45, 2.75) is 142 Å². The van der Waals surface area contributed by atoms with E-state index < -0.39 is 30.3 Å². The number of carboxylic acid groups (broad SMARTS) is 1. The molecule has 0 N–H and O–H groups in total. The summed E-state index contributed by atoms with van der Waals surface area (Å²) in [5.74, 6) is -2.41. The molecule has 0 fully saturated rings. The maximum Gasteiger partial charge on any atom is 0.306 e. The zero-order valence-corrected chi connectivity index (χ0v) is 37.3. The van der Waals surface area contributed by atoms with Crippen molar-refractivity contribution in [2.24, 2.45) is 0 Å². The minimum atomic E-state index is -1.65. The Morgan fingerprint density at radius 1 is 0.508 bits per heavy atom. The SMILES string of the molecule is CC/C=C\C/C=C\C/C=C\C/C=C\C/C=C\CCCCCC(=O)OC(COC(=O)CCCC/C=C\C/C=C\C/C=C\C/C=C\CC)COC(OCC[N+](C)(C)C)C(=O)[O-]. The summed E-state index contributed by atoms with van der Waals surface area (Å²) in [6.45, 7) is 4.38. The number of likely N-dealkylation sites (N-methyl/N-ethyl adjacent to an activating group) is 1. The summed E-state index contributed by atoms with van der Waals surface area (Å²) < 4.78 is 22.4. The van der Waals surface area contributed by atoms with Gasteiger partial charge in [0.2, 0.25) is 0 Å². The van der Waals surface area contributed by atoms with Gasteiger partial charge in [-0.15, -0.1) is 0 Å². The molecule has 0 aromatic rings. The molecule has 0 rings (SSSR count). The molecule has 0 aromatic carbocycles. The molecule has 0 aliphatic heterocycles. The molecule has 0 bridgehead atoms. The number of carbonyl (C=O) groups is 3. The molecule has 0 aliphatic rings. The Hall–Kier alpha value is -4.05. The topological polar surface area (TPSA) is 111 Å². The number of aliphatic carboxylic acids is 1. The standard InChI is InChI=1S/C50H79NO8/c1-6-8-10-12-14-16-18-20-22-23-24-25-27-29-31-33-35-37-39-41-48(53)59-46(45-58-50(49(54)55)56-43-42-51(3,4)5)44-57-47(52)40-38-36-34-32-30-28-26-21-19-17-15-13-11-9-7-2/h8-11,14-17,20-22,24-26,29-32,46,50H,6-7,12-13,18-19,23,27-28,33-45H2,1-5H3/b10-8-,11-9-,16-14-,17-15-,22-20-,25-24-,26-21-,31-29-,32-30-. The van der Waals surface area contributed by atoms with Crippen molar-refractivity contribution in [3.63, 3.8) is 0 Å². The Bertz CT molecular complexity index is 1330. The van der Waals surface area contributed by atoms with Gasteiger partial charge in [-0.1, -0.05) is 130 Å². The molecule has 332 valence electrons. The average Bonchev–Trinajstić information content (AvgIpc) is 3.19. The summed E-state index contributed by atoms with van der Waals surface area (Å²) in [6.07, 6.45) is 51.3. The summed E-state index contributed by atoms with van der Waals surface area (Å²) in [5.41, 5.74) is 0. The molecule has 0 amide bonds. The molecular formula is C50H79NO8. The van der Waals surface area contributed by atoms with E-state index in [-0.39, 0.29) is 32.7 Å². The predicted molar refractivity (Wildman–Crippen MR) is 241 cm³/mol. The Labute approximate surface area is 358 Å². The highest BCUT2D eigenvalue weighted by Gasteiger charge is 2.21. The minimum absolute atomic E-state index is 0.127. The van der Waals surface area contributed by atoms with Crippen LogP contribution in [0.25, 0.3) is 0 Å². The van der Waals surface area contributed by atoms with Crippen molar-refractivity contribution in [3.05, 3.63) is 109 Å². The summed E-state index contributed by atoms with van der Waals surface area (Å²) in [5, 5.41) is 11.7. The third kappa shape index (κ3) is 41.9. The second-order valence-electron chi connectivity index (χ2n) is 15.2. The summed E-state index contributed by atoms with van der Waals surface area (Å²) in [7, 11) is 5.87. The van der Waals surface area contributed by atoms with Crippen LogP contribution >= 0.6 is 0 Å². The van der Waals surface area contributed by atoms with Gasteiger partial charge in [0, 0.05) is 12.8 Å². The smallest absolute Gasteiger partial charge is 0.306 e. The first-order chi connectivity index (χ1) is 28.6. The lowest BCUT2D eigenvalue weighted by atomic mass is 10.1. The Morgan fingerprint density at radius 3 is 1.36 bits per heavy atom. The lowest BCUT2D eigenvalue weighted by molar-refractivity contribution is -0.870. The van der Waals surface area contributed by atoms with Gasteiger partial charge < -0.3 is 33.3 Å². The molecule has 59 heavy (non-hydrogen) atoms. The van der Waals surface area contributed by atoms with E-state index in [0.29, 0.717) is 23.9 Å². The van der Waals surface area contributed by atoms with Gasteiger partial charge in [0.25, 0.3) is 0 Å². The first-order valence-electron chi connectivity index (χ1n) is 22.0. The van der Waals surface area contributed by atoms with Gasteiger partial charge in [0.15, 0.2) is 12.4 Å². The number of esters is 2. The van der Waals surface area contributed by atoms with E-state index in [0.717, 1.165) is 89.9 Å². The highest BCUT2D eigenvalue weighted by Crippen LogP contribution is 2.10. The summed E-state index contributed by atoms with van der Waals surface area (Å²) in [4.78, 5) is 37.0. The fourth-order valence-electron chi connectivity index (χ4n) is 5.14. The van der Waals surface area contributed by atoms with E-state index in [1.807, 2.05) is 21.1 Å². The maximum atomic E-state index is 12.7. The first kappa shape index (κ1) is 55.0. The van der Waals surface area contributed by atoms with Crippen molar-refractivity contribution in [2.75, 3.05) is 47.5 Å². The molecule has 0 saturated carbocycles. The molecule has 0 saturated heterocycles. The van der Waals surface area contributed by atoms with E-state index in [2.05, 4.69) is 123 Å². The van der Waals surface area contributed by atoms with Gasteiger partial charge in [-0.25, -0.2) is 0 Å². The monoisotopic (exact) mass is 822 g/mol. The molecule has 0 aromatic heterocycles. The fraction of sp³-hybridized carbons (Fsp3) is 0.580. The van der Waals surface area contributed by atoms with Crippen molar-refractivity contribution < 1.29 is 42.9 Å². The lowest BCUT2D eigenvalue weighted by Crippen LogP contribution is -2.44. The molecule has 2 unspecified atom stereocenters. The van der Waals surface area contributed by atoms with E-state index in [4.69, 9.17) is 18.9 Å². The van der Waals surface area contributed by atoms with Crippen LogP contribution in [0.4, 0.5) is 0 Å². The molecule has 0 aliphatic carbocycles. The van der Waals surface area contributed by atoms with E-state index in [1.165, 1.54) is 0 Å². The number of hydrogen-bond donors (Lipinski definition) is 0. The van der Waals surface area contributed by atoms with Crippen LogP contribution in [0.3, 0.4) is 0 Å². The van der Waals surface area contributed by atoms with Crippen LogP contribution in [0.5, 0.6) is 0 Å². The maximum absolute atomic E-state index is 12.7. The van der Waals surface area contributed by atoms with Crippen molar-refractivity contribution in [1.29, 1.82) is 0 Å². The van der Waals surface area contributed by atoms with Crippen molar-refractivity contribution in [1.82, 2.24) is 0 Å². The zero-order valence-electron chi connectivity index (χ0n) is 37.3. The number of allylic oxidation sites excluding steroid dienone is 18. The Balaban J connectivity index is 4.61. The number of ether oxygens (including phenoxy) is 4. The number of unbranched alkanes of at least 4 members (excludes halogenated alkanes) is 5. The molecular weight excluding hydrogens is 743 g/mol. The Kier molecular flexibility index (Phi) is 37.9. The van der Waals surface area contributed by atoms with E-state index in [9.17, 15) is 19.5 Å². The number of quaternary nitrogens is 1. The van der Waals surface area contributed by atoms with Gasteiger partial charge in [-0.05, 0) is 96.3 Å². The van der Waals surface area contributed by atoms with Crippen LogP contribution in [-0.2, 0) is 33.3 Å². The molecule has 0 heterocycles. The summed E-state index contributed by atoms with van der Waals surface area (Å²) >= 11 is 0. The summed E-state index contributed by atoms with van der Waals surface area (Å²) in [6, 6.07) is 0. The third-order valence-corrected chi connectivity index (χ3v) is 8.52. The van der Waals surface area contributed by atoms with Crippen LogP contribution in [0.1, 0.15) is 129 Å². The van der Waals surface area contributed by atoms with Crippen LogP contribution < -0.4 is 5.11 Å². The van der Waals surface area contributed by atoms with Crippen molar-refractivity contribution in [3.8, 4) is 0 Å². The second-order valence-corrected chi connectivity index (χ2v) is 15.2. The van der Waals surface area contributed by atoms with Gasteiger partial charge >= 0.3 is 11.9 Å². The lowest BCUT2D eigenvalue weighted by Gasteiger charge is -2.26.